The lowest BCUT2D eigenvalue weighted by Gasteiger charge is -2.46. The predicted octanol–water partition coefficient (Wildman–Crippen LogP) is 3.32. The number of ether oxygens (including phenoxy) is 2. The van der Waals surface area contributed by atoms with Crippen LogP contribution in [0.5, 0.6) is 5.75 Å². The number of hydrogen-bond acceptors (Lipinski definition) is 5. The Kier molecular flexibility index (Phi) is 4.12. The third-order valence-corrected chi connectivity index (χ3v) is 6.32. The Bertz CT molecular complexity index is 1030. The highest BCUT2D eigenvalue weighted by molar-refractivity contribution is 6.30. The molecule has 6 nitrogen and oxygen atoms in total. The first kappa shape index (κ1) is 18.5. The minimum Gasteiger partial charge on any atom is -0.484 e. The van der Waals surface area contributed by atoms with Gasteiger partial charge in [-0.1, -0.05) is 29.8 Å². The number of hydrogen-bond donors (Lipinski definition) is 1. The first-order chi connectivity index (χ1) is 13.9. The Morgan fingerprint density at radius 1 is 1.21 bits per heavy atom. The normalized spacial score (nSPS) is 28.4. The number of likely N-dealkylation sites (N-methyl/N-ethyl adjacent to an activating group) is 1. The number of benzene rings is 2. The molecular formula is C22H22ClN3O3. The number of nitrogens with two attached hydrogens (primary N) is 1. The second-order valence-corrected chi connectivity index (χ2v) is 8.47. The Balaban J connectivity index is 1.69. The van der Waals surface area contributed by atoms with E-state index in [2.05, 4.69) is 0 Å². The van der Waals surface area contributed by atoms with Gasteiger partial charge in [-0.2, -0.15) is 0 Å². The monoisotopic (exact) mass is 411 g/mol. The summed E-state index contributed by atoms with van der Waals surface area (Å²) in [4.78, 5) is 19.5. The third-order valence-electron chi connectivity index (χ3n) is 6.08. The number of aliphatic imine (C=N–C) groups is 1. The zero-order valence-electron chi connectivity index (χ0n) is 16.2. The quantitative estimate of drug-likeness (QED) is 0.780. The Morgan fingerprint density at radius 2 is 2.03 bits per heavy atom. The molecule has 0 aliphatic carbocycles. The van der Waals surface area contributed by atoms with Crippen LogP contribution in [0.25, 0.3) is 11.1 Å². The van der Waals surface area contributed by atoms with Gasteiger partial charge in [0.15, 0.2) is 11.5 Å². The highest BCUT2D eigenvalue weighted by atomic mass is 35.5. The summed E-state index contributed by atoms with van der Waals surface area (Å²) < 4.78 is 12.2. The van der Waals surface area contributed by atoms with Crippen molar-refractivity contribution in [2.24, 2.45) is 10.7 Å². The molecule has 29 heavy (non-hydrogen) atoms. The highest BCUT2D eigenvalue weighted by Gasteiger charge is 2.58. The van der Waals surface area contributed by atoms with Gasteiger partial charge in [-0.25, -0.2) is 4.99 Å². The summed E-state index contributed by atoms with van der Waals surface area (Å²) in [6.45, 7) is 1.15. The average molecular weight is 412 g/mol. The van der Waals surface area contributed by atoms with E-state index in [1.165, 1.54) is 4.90 Å². The first-order valence-corrected chi connectivity index (χ1v) is 10.1. The molecule has 2 unspecified atom stereocenters. The van der Waals surface area contributed by atoms with Crippen LogP contribution >= 0.6 is 11.6 Å². The van der Waals surface area contributed by atoms with Crippen molar-refractivity contribution in [3.8, 4) is 16.9 Å². The molecule has 2 aromatic rings. The number of rotatable bonds is 1. The van der Waals surface area contributed by atoms with Gasteiger partial charge >= 0.3 is 0 Å². The van der Waals surface area contributed by atoms with Gasteiger partial charge in [0.1, 0.15) is 11.4 Å². The minimum atomic E-state index is -1.10. The molecule has 0 radical (unpaired) electrons. The molecule has 0 aromatic heterocycles. The molecule has 150 valence electrons. The average Bonchev–Trinajstić information content (AvgIpc) is 2.92. The van der Waals surface area contributed by atoms with Crippen LogP contribution in [0.3, 0.4) is 0 Å². The highest BCUT2D eigenvalue weighted by Crippen LogP contribution is 2.51. The van der Waals surface area contributed by atoms with Gasteiger partial charge in [0, 0.05) is 30.7 Å². The molecule has 2 aromatic carbocycles. The van der Waals surface area contributed by atoms with Crippen LogP contribution in [0.15, 0.2) is 47.5 Å². The predicted molar refractivity (Wildman–Crippen MR) is 111 cm³/mol. The fraction of sp³-hybridized carbons (Fsp3) is 0.364. The molecule has 2 atom stereocenters. The summed E-state index contributed by atoms with van der Waals surface area (Å²) in [5.41, 5.74) is 7.06. The lowest BCUT2D eigenvalue weighted by atomic mass is 9.74. The summed E-state index contributed by atoms with van der Waals surface area (Å²) in [6, 6.07) is 13.5. The zero-order chi connectivity index (χ0) is 20.2. The third kappa shape index (κ3) is 2.81. The van der Waals surface area contributed by atoms with Crippen molar-refractivity contribution >= 4 is 23.5 Å². The van der Waals surface area contributed by atoms with E-state index in [4.69, 9.17) is 31.8 Å². The van der Waals surface area contributed by atoms with Crippen molar-refractivity contribution in [3.63, 3.8) is 0 Å². The van der Waals surface area contributed by atoms with Gasteiger partial charge in [-0.15, -0.1) is 0 Å². The van der Waals surface area contributed by atoms with E-state index in [0.717, 1.165) is 29.5 Å². The molecule has 1 amide bonds. The van der Waals surface area contributed by atoms with Crippen molar-refractivity contribution in [1.82, 2.24) is 4.90 Å². The van der Waals surface area contributed by atoms with E-state index in [1.807, 2.05) is 42.5 Å². The van der Waals surface area contributed by atoms with Gasteiger partial charge in [-0.3, -0.25) is 9.69 Å². The molecule has 3 aliphatic heterocycles. The lowest BCUT2D eigenvalue weighted by molar-refractivity contribution is -0.139. The van der Waals surface area contributed by atoms with E-state index in [-0.39, 0.29) is 11.9 Å². The first-order valence-electron chi connectivity index (χ1n) is 9.73. The van der Waals surface area contributed by atoms with Crippen LogP contribution in [0.1, 0.15) is 24.8 Å². The fourth-order valence-electron chi connectivity index (χ4n) is 4.66. The van der Waals surface area contributed by atoms with E-state index in [1.54, 1.807) is 7.05 Å². The number of fused-ring (bicyclic) bond motifs is 2. The molecule has 0 bridgehead atoms. The molecule has 1 fully saturated rings. The second-order valence-electron chi connectivity index (χ2n) is 8.03. The zero-order valence-corrected chi connectivity index (χ0v) is 16.9. The van der Waals surface area contributed by atoms with Gasteiger partial charge in [-0.05, 0) is 48.2 Å². The smallest absolute Gasteiger partial charge is 0.261 e. The summed E-state index contributed by atoms with van der Waals surface area (Å²) in [6.07, 6.45) is 2.11. The Morgan fingerprint density at radius 3 is 2.72 bits per heavy atom. The molecule has 7 heteroatoms. The van der Waals surface area contributed by atoms with Crippen molar-refractivity contribution in [2.75, 3.05) is 20.3 Å². The second kappa shape index (κ2) is 6.47. The maximum absolute atomic E-state index is 13.4. The van der Waals surface area contributed by atoms with Crippen LogP contribution in [0, 0.1) is 0 Å². The Hall–Kier alpha value is -2.57. The number of nitrogens with zero attached hydrogens (tertiary/aromatic N) is 2. The molecule has 3 heterocycles. The van der Waals surface area contributed by atoms with E-state index in [9.17, 15) is 4.79 Å². The van der Waals surface area contributed by atoms with Crippen molar-refractivity contribution in [3.05, 3.63) is 53.1 Å². The molecule has 5 rings (SSSR count). The number of carbonyl (C=O) groups excluding carboxylic acids is 1. The molecule has 2 N–H and O–H groups in total. The number of halogens is 1. The standard InChI is InChI=1S/C22H22ClN3O3/c1-26-19(27)22(25-20(26)24)12-21(8-3-9-28-13-21)29-18-7-6-15(11-17(18)22)14-4-2-5-16(23)10-14/h2,4-7,10-11H,3,8-9,12-13H2,1H3,(H2,24,25). The summed E-state index contributed by atoms with van der Waals surface area (Å²) in [7, 11) is 1.66. The number of amides is 1. The minimum absolute atomic E-state index is 0.132. The largest absolute Gasteiger partial charge is 0.484 e. The maximum Gasteiger partial charge on any atom is 0.261 e. The Labute approximate surface area is 174 Å². The van der Waals surface area contributed by atoms with Crippen molar-refractivity contribution in [2.45, 2.75) is 30.4 Å². The van der Waals surface area contributed by atoms with E-state index >= 15 is 0 Å². The van der Waals surface area contributed by atoms with Crippen LogP contribution in [0.4, 0.5) is 0 Å². The molecular weight excluding hydrogens is 390 g/mol. The SMILES string of the molecule is CN1C(=O)C2(CC3(CCCOC3)Oc3ccc(-c4cccc(Cl)c4)cc32)N=C1N. The van der Waals surface area contributed by atoms with Gasteiger partial charge in [0.05, 0.1) is 6.61 Å². The molecule has 3 aliphatic rings. The molecule has 0 saturated carbocycles. The lowest BCUT2D eigenvalue weighted by Crippen LogP contribution is -2.55. The van der Waals surface area contributed by atoms with Crippen molar-refractivity contribution < 1.29 is 14.3 Å². The van der Waals surface area contributed by atoms with Crippen molar-refractivity contribution in [1.29, 1.82) is 0 Å². The molecule has 1 saturated heterocycles. The van der Waals surface area contributed by atoms with Gasteiger partial charge in [0.2, 0.25) is 0 Å². The number of guanidine groups is 1. The fourth-order valence-corrected chi connectivity index (χ4v) is 4.85. The van der Waals surface area contributed by atoms with Crippen LogP contribution in [-0.2, 0) is 15.1 Å². The van der Waals surface area contributed by atoms with E-state index < -0.39 is 11.1 Å². The van der Waals surface area contributed by atoms with Crippen LogP contribution in [0.2, 0.25) is 5.02 Å². The van der Waals surface area contributed by atoms with Gasteiger partial charge < -0.3 is 15.2 Å². The summed E-state index contributed by atoms with van der Waals surface area (Å²) >= 11 is 6.18. The van der Waals surface area contributed by atoms with Gasteiger partial charge in [0.25, 0.3) is 5.91 Å². The molecule has 2 spiro atoms. The summed E-state index contributed by atoms with van der Waals surface area (Å²) in [5, 5.41) is 0.656. The summed E-state index contributed by atoms with van der Waals surface area (Å²) in [5.74, 6) is 0.753. The van der Waals surface area contributed by atoms with Crippen LogP contribution < -0.4 is 10.5 Å². The van der Waals surface area contributed by atoms with E-state index in [0.29, 0.717) is 30.4 Å². The maximum atomic E-state index is 13.4. The van der Waals surface area contributed by atoms with Crippen LogP contribution in [-0.4, -0.2) is 42.6 Å². The topological polar surface area (TPSA) is 77.2 Å². The number of carbonyl (C=O) groups is 1.